The highest BCUT2D eigenvalue weighted by Crippen LogP contribution is 2.12. The first-order valence-corrected chi connectivity index (χ1v) is 3.77. The standard InChI is InChI=1S/C9H10FN2O/c10-7-2-1-6(3-4-11)8(5-7)9(12)13/h1-3,5H,4,11H2,(H2,12,13). The van der Waals surface area contributed by atoms with Gasteiger partial charge in [-0.2, -0.15) is 0 Å². The third kappa shape index (κ3) is 2.26. The normalized spacial score (nSPS) is 10.0. The Bertz CT molecular complexity index is 325. The molecule has 69 valence electrons. The van der Waals surface area contributed by atoms with Crippen LogP contribution in [0.2, 0.25) is 0 Å². The molecule has 3 nitrogen and oxygen atoms in total. The minimum atomic E-state index is -0.654. The molecular formula is C9H10FN2O. The predicted molar refractivity (Wildman–Crippen MR) is 47.4 cm³/mol. The zero-order chi connectivity index (χ0) is 9.84. The monoisotopic (exact) mass is 181 g/mol. The molecule has 4 heteroatoms. The number of carbonyl (C=O) groups excluding carboxylic acids is 1. The molecule has 0 heterocycles. The Morgan fingerprint density at radius 2 is 2.23 bits per heavy atom. The molecule has 0 unspecified atom stereocenters. The molecule has 0 atom stereocenters. The van der Waals surface area contributed by atoms with Gasteiger partial charge in [-0.25, -0.2) is 4.39 Å². The molecule has 0 bridgehead atoms. The Morgan fingerprint density at radius 3 is 2.77 bits per heavy atom. The zero-order valence-corrected chi connectivity index (χ0v) is 6.96. The summed E-state index contributed by atoms with van der Waals surface area (Å²) in [5.41, 5.74) is 11.0. The third-order valence-electron chi connectivity index (χ3n) is 1.62. The van der Waals surface area contributed by atoms with E-state index in [0.717, 1.165) is 6.07 Å². The quantitative estimate of drug-likeness (QED) is 0.710. The maximum absolute atomic E-state index is 12.7. The SMILES string of the molecule is NC[CH]c1ccc(F)cc1C(N)=O. The van der Waals surface area contributed by atoms with Crippen molar-refractivity contribution in [2.24, 2.45) is 11.5 Å². The van der Waals surface area contributed by atoms with Crippen LogP contribution in [0, 0.1) is 12.2 Å². The second-order valence-corrected chi connectivity index (χ2v) is 2.54. The van der Waals surface area contributed by atoms with Gasteiger partial charge in [-0.05, 0) is 24.2 Å². The van der Waals surface area contributed by atoms with Gasteiger partial charge in [0.15, 0.2) is 0 Å². The maximum atomic E-state index is 12.7. The van der Waals surface area contributed by atoms with Crippen LogP contribution in [-0.2, 0) is 0 Å². The molecule has 0 saturated heterocycles. The molecule has 0 aliphatic carbocycles. The van der Waals surface area contributed by atoms with E-state index in [1.165, 1.54) is 12.1 Å². The second kappa shape index (κ2) is 4.00. The van der Waals surface area contributed by atoms with Gasteiger partial charge in [0.2, 0.25) is 5.91 Å². The summed E-state index contributed by atoms with van der Waals surface area (Å²) >= 11 is 0. The van der Waals surface area contributed by atoms with E-state index in [9.17, 15) is 9.18 Å². The summed E-state index contributed by atoms with van der Waals surface area (Å²) in [6.45, 7) is 0.284. The van der Waals surface area contributed by atoms with Crippen LogP contribution >= 0.6 is 0 Å². The zero-order valence-electron chi connectivity index (χ0n) is 6.96. The highest BCUT2D eigenvalue weighted by Gasteiger charge is 2.08. The number of rotatable bonds is 3. The number of hydrogen-bond acceptors (Lipinski definition) is 2. The fourth-order valence-corrected chi connectivity index (χ4v) is 1.05. The summed E-state index contributed by atoms with van der Waals surface area (Å²) in [5.74, 6) is -1.14. The van der Waals surface area contributed by atoms with Crippen LogP contribution in [0.3, 0.4) is 0 Å². The summed E-state index contributed by atoms with van der Waals surface area (Å²) in [5, 5.41) is 0. The van der Waals surface area contributed by atoms with Crippen molar-refractivity contribution in [3.63, 3.8) is 0 Å². The van der Waals surface area contributed by atoms with Crippen molar-refractivity contribution in [1.29, 1.82) is 0 Å². The van der Waals surface area contributed by atoms with E-state index < -0.39 is 11.7 Å². The van der Waals surface area contributed by atoms with Crippen LogP contribution in [0.15, 0.2) is 18.2 Å². The van der Waals surface area contributed by atoms with Crippen molar-refractivity contribution >= 4 is 5.91 Å². The molecule has 0 aromatic heterocycles. The first-order chi connectivity index (χ1) is 6.15. The number of halogens is 1. The lowest BCUT2D eigenvalue weighted by molar-refractivity contribution is 0.0999. The topological polar surface area (TPSA) is 69.1 Å². The van der Waals surface area contributed by atoms with Gasteiger partial charge in [0.05, 0.1) is 0 Å². The molecule has 1 amide bonds. The van der Waals surface area contributed by atoms with E-state index >= 15 is 0 Å². The Labute approximate surface area is 75.5 Å². The van der Waals surface area contributed by atoms with Gasteiger partial charge in [-0.1, -0.05) is 6.07 Å². The van der Waals surface area contributed by atoms with E-state index in [0.29, 0.717) is 5.56 Å². The van der Waals surface area contributed by atoms with Crippen molar-refractivity contribution in [1.82, 2.24) is 0 Å². The summed E-state index contributed by atoms with van der Waals surface area (Å²) in [6, 6.07) is 3.83. The van der Waals surface area contributed by atoms with Crippen molar-refractivity contribution in [2.45, 2.75) is 0 Å². The van der Waals surface area contributed by atoms with Crippen LogP contribution < -0.4 is 11.5 Å². The average Bonchev–Trinajstić information content (AvgIpc) is 2.08. The molecular weight excluding hydrogens is 171 g/mol. The highest BCUT2D eigenvalue weighted by atomic mass is 19.1. The van der Waals surface area contributed by atoms with Gasteiger partial charge in [0.1, 0.15) is 5.82 Å². The molecule has 0 saturated carbocycles. The summed E-state index contributed by atoms with van der Waals surface area (Å²) < 4.78 is 12.7. The van der Waals surface area contributed by atoms with Gasteiger partial charge >= 0.3 is 0 Å². The number of amides is 1. The average molecular weight is 181 g/mol. The third-order valence-corrected chi connectivity index (χ3v) is 1.62. The molecule has 0 aliphatic heterocycles. The van der Waals surface area contributed by atoms with Crippen LogP contribution in [0.1, 0.15) is 15.9 Å². The summed E-state index contributed by atoms with van der Waals surface area (Å²) in [4.78, 5) is 10.8. The number of carbonyl (C=O) groups is 1. The number of benzene rings is 1. The first-order valence-electron chi connectivity index (χ1n) is 3.77. The van der Waals surface area contributed by atoms with Crippen molar-refractivity contribution in [3.8, 4) is 0 Å². The van der Waals surface area contributed by atoms with Gasteiger partial charge in [-0.15, -0.1) is 0 Å². The number of hydrogen-bond donors (Lipinski definition) is 2. The van der Waals surface area contributed by atoms with Crippen LogP contribution in [-0.4, -0.2) is 12.5 Å². The first kappa shape index (κ1) is 9.67. The number of primary amides is 1. The Hall–Kier alpha value is -1.42. The van der Waals surface area contributed by atoms with E-state index in [1.54, 1.807) is 6.42 Å². The van der Waals surface area contributed by atoms with Gasteiger partial charge in [-0.3, -0.25) is 4.79 Å². The smallest absolute Gasteiger partial charge is 0.249 e. The lowest BCUT2D eigenvalue weighted by Crippen LogP contribution is -2.15. The molecule has 1 rings (SSSR count). The number of nitrogens with two attached hydrogens (primary N) is 2. The van der Waals surface area contributed by atoms with Crippen LogP contribution in [0.5, 0.6) is 0 Å². The van der Waals surface area contributed by atoms with E-state index in [2.05, 4.69) is 0 Å². The Morgan fingerprint density at radius 1 is 1.54 bits per heavy atom. The molecule has 4 N–H and O–H groups in total. The van der Waals surface area contributed by atoms with Gasteiger partial charge in [0, 0.05) is 12.0 Å². The largest absolute Gasteiger partial charge is 0.366 e. The molecule has 1 aromatic carbocycles. The van der Waals surface area contributed by atoms with Gasteiger partial charge in [0.25, 0.3) is 0 Å². The predicted octanol–water partition coefficient (Wildman–Crippen LogP) is 0.436. The Kier molecular flexibility index (Phi) is 2.97. The minimum Gasteiger partial charge on any atom is -0.366 e. The van der Waals surface area contributed by atoms with Crippen molar-refractivity contribution in [2.75, 3.05) is 6.54 Å². The van der Waals surface area contributed by atoms with Gasteiger partial charge < -0.3 is 11.5 Å². The van der Waals surface area contributed by atoms with E-state index in [1.807, 2.05) is 0 Å². The van der Waals surface area contributed by atoms with Crippen LogP contribution in [0.4, 0.5) is 4.39 Å². The lowest BCUT2D eigenvalue weighted by atomic mass is 10.0. The second-order valence-electron chi connectivity index (χ2n) is 2.54. The minimum absolute atomic E-state index is 0.158. The lowest BCUT2D eigenvalue weighted by Gasteiger charge is -2.04. The Balaban J connectivity index is 3.10. The summed E-state index contributed by atoms with van der Waals surface area (Å²) in [7, 11) is 0. The van der Waals surface area contributed by atoms with E-state index in [4.69, 9.17) is 11.5 Å². The molecule has 0 aliphatic rings. The van der Waals surface area contributed by atoms with E-state index in [-0.39, 0.29) is 12.1 Å². The van der Waals surface area contributed by atoms with Crippen molar-refractivity contribution in [3.05, 3.63) is 41.6 Å². The summed E-state index contributed by atoms with van der Waals surface area (Å²) in [6.07, 6.45) is 1.61. The molecule has 0 fully saturated rings. The van der Waals surface area contributed by atoms with Crippen molar-refractivity contribution < 1.29 is 9.18 Å². The fourth-order valence-electron chi connectivity index (χ4n) is 1.05. The molecule has 1 radical (unpaired) electrons. The molecule has 0 spiro atoms. The maximum Gasteiger partial charge on any atom is 0.249 e. The molecule has 13 heavy (non-hydrogen) atoms. The fraction of sp³-hybridized carbons (Fsp3) is 0.111. The highest BCUT2D eigenvalue weighted by molar-refractivity contribution is 5.94. The van der Waals surface area contributed by atoms with Crippen LogP contribution in [0.25, 0.3) is 0 Å². The molecule has 1 aromatic rings.